The van der Waals surface area contributed by atoms with E-state index >= 15 is 0 Å². The van der Waals surface area contributed by atoms with Gasteiger partial charge in [-0.05, 0) is 28.7 Å². The Morgan fingerprint density at radius 3 is 2.62 bits per heavy atom. The van der Waals surface area contributed by atoms with E-state index < -0.39 is 0 Å². The second-order valence-corrected chi connectivity index (χ2v) is 6.68. The van der Waals surface area contributed by atoms with Gasteiger partial charge in [0.05, 0.1) is 0 Å². The van der Waals surface area contributed by atoms with Gasteiger partial charge in [-0.2, -0.15) is 0 Å². The molecule has 3 heteroatoms. The van der Waals surface area contributed by atoms with Gasteiger partial charge in [0.2, 0.25) is 0 Å². The number of phenols is 1. The highest BCUT2D eigenvalue weighted by atomic mass is 32.1. The Kier molecular flexibility index (Phi) is 4.52. The molecule has 1 aromatic carbocycles. The van der Waals surface area contributed by atoms with Crippen molar-refractivity contribution in [1.29, 1.82) is 0 Å². The predicted molar refractivity (Wildman–Crippen MR) is 93.3 cm³/mol. The minimum Gasteiger partial charge on any atom is -0.507 e. The minimum atomic E-state index is -0.0790. The van der Waals surface area contributed by atoms with Gasteiger partial charge < -0.3 is 9.83 Å². The molecule has 0 aromatic heterocycles. The van der Waals surface area contributed by atoms with Crippen molar-refractivity contribution in [3.63, 3.8) is 0 Å². The highest BCUT2D eigenvalue weighted by Gasteiger charge is 2.20. The molecule has 1 aliphatic carbocycles. The number of benzene rings is 1. The van der Waals surface area contributed by atoms with Gasteiger partial charge in [-0.3, -0.25) is 0 Å². The standard InChI is InChI=1S/C18H23NOS/c1-12-13(7-6-10-16(12)19-21)11-14-8-5-9-15(17(14)20)18(2,3)4/h5-12,19-21H,1-4H3. The van der Waals surface area contributed by atoms with Crippen molar-refractivity contribution in [3.05, 3.63) is 58.8 Å². The molecule has 0 radical (unpaired) electrons. The first kappa shape index (κ1) is 15.8. The molecule has 0 saturated carbocycles. The molecular weight excluding hydrogens is 278 g/mol. The van der Waals surface area contributed by atoms with Gasteiger partial charge in [0.25, 0.3) is 0 Å². The summed E-state index contributed by atoms with van der Waals surface area (Å²) in [7, 11) is 0. The van der Waals surface area contributed by atoms with Gasteiger partial charge in [0.15, 0.2) is 0 Å². The maximum Gasteiger partial charge on any atom is 0.126 e. The molecule has 21 heavy (non-hydrogen) atoms. The van der Waals surface area contributed by atoms with Crippen molar-refractivity contribution in [1.82, 2.24) is 4.72 Å². The van der Waals surface area contributed by atoms with Crippen molar-refractivity contribution >= 4 is 18.9 Å². The third kappa shape index (κ3) is 3.35. The number of aromatic hydroxyl groups is 1. The summed E-state index contributed by atoms with van der Waals surface area (Å²) in [6.45, 7) is 8.43. The third-order valence-corrected chi connectivity index (χ3v) is 4.12. The van der Waals surface area contributed by atoms with Gasteiger partial charge in [-0.15, -0.1) is 0 Å². The Bertz CT molecular complexity index is 621. The molecule has 2 rings (SSSR count). The van der Waals surface area contributed by atoms with Crippen molar-refractivity contribution in [2.75, 3.05) is 0 Å². The Morgan fingerprint density at radius 2 is 2.00 bits per heavy atom. The van der Waals surface area contributed by atoms with E-state index in [9.17, 15) is 5.11 Å². The number of thiol groups is 1. The van der Waals surface area contributed by atoms with E-state index in [1.807, 2.05) is 36.4 Å². The van der Waals surface area contributed by atoms with Gasteiger partial charge in [-0.1, -0.05) is 70.9 Å². The van der Waals surface area contributed by atoms with Crippen molar-refractivity contribution in [2.45, 2.75) is 33.1 Å². The Hall–Kier alpha value is -1.61. The zero-order chi connectivity index (χ0) is 15.6. The summed E-state index contributed by atoms with van der Waals surface area (Å²) in [5, 5.41) is 10.6. The van der Waals surface area contributed by atoms with E-state index in [4.69, 9.17) is 0 Å². The van der Waals surface area contributed by atoms with Gasteiger partial charge >= 0.3 is 0 Å². The lowest BCUT2D eigenvalue weighted by Gasteiger charge is -2.22. The molecule has 0 saturated heterocycles. The molecule has 0 bridgehead atoms. The van der Waals surface area contributed by atoms with E-state index in [-0.39, 0.29) is 11.3 Å². The van der Waals surface area contributed by atoms with Crippen molar-refractivity contribution < 1.29 is 5.11 Å². The molecule has 112 valence electrons. The molecule has 1 aliphatic rings. The molecule has 2 nitrogen and oxygen atoms in total. The number of hydrogen-bond donors (Lipinski definition) is 3. The summed E-state index contributed by atoms with van der Waals surface area (Å²) >= 11 is 4.14. The first-order valence-electron chi connectivity index (χ1n) is 7.17. The third-order valence-electron chi connectivity index (χ3n) is 3.86. The SMILES string of the molecule is CC1C(=Cc2cccc(C(C)(C)C)c2O)C=CC=C1NS. The van der Waals surface area contributed by atoms with Crippen LogP contribution in [0.3, 0.4) is 0 Å². The van der Waals surface area contributed by atoms with Crippen LogP contribution in [0.15, 0.2) is 47.7 Å². The van der Waals surface area contributed by atoms with Crippen LogP contribution in [0.1, 0.15) is 38.8 Å². The molecule has 2 N–H and O–H groups in total. The van der Waals surface area contributed by atoms with Crippen LogP contribution in [-0.2, 0) is 5.41 Å². The summed E-state index contributed by atoms with van der Waals surface area (Å²) in [6.07, 6.45) is 8.13. The fourth-order valence-electron chi connectivity index (χ4n) is 2.50. The normalized spacial score (nSPS) is 20.5. The topological polar surface area (TPSA) is 32.3 Å². The Balaban J connectivity index is 2.43. The molecule has 0 heterocycles. The monoisotopic (exact) mass is 301 g/mol. The average Bonchev–Trinajstić information content (AvgIpc) is 2.42. The van der Waals surface area contributed by atoms with E-state index in [0.29, 0.717) is 5.75 Å². The summed E-state index contributed by atoms with van der Waals surface area (Å²) < 4.78 is 2.92. The number of hydrogen-bond acceptors (Lipinski definition) is 3. The summed E-state index contributed by atoms with van der Waals surface area (Å²) in [4.78, 5) is 0. The smallest absolute Gasteiger partial charge is 0.126 e. The van der Waals surface area contributed by atoms with E-state index in [2.05, 4.69) is 51.3 Å². The van der Waals surface area contributed by atoms with Crippen LogP contribution in [0.2, 0.25) is 0 Å². The summed E-state index contributed by atoms with van der Waals surface area (Å²) in [5.41, 5.74) is 3.94. The molecule has 1 aromatic rings. The van der Waals surface area contributed by atoms with Gasteiger partial charge in [0, 0.05) is 17.2 Å². The van der Waals surface area contributed by atoms with E-state index in [0.717, 1.165) is 22.4 Å². The summed E-state index contributed by atoms with van der Waals surface area (Å²) in [6, 6.07) is 5.93. The second kappa shape index (κ2) is 6.02. The quantitative estimate of drug-likeness (QED) is 0.698. The van der Waals surface area contributed by atoms with Gasteiger partial charge in [0.1, 0.15) is 5.75 Å². The van der Waals surface area contributed by atoms with Crippen LogP contribution in [0.4, 0.5) is 0 Å². The fraction of sp³-hybridized carbons (Fsp3) is 0.333. The lowest BCUT2D eigenvalue weighted by Crippen LogP contribution is -2.13. The minimum absolute atomic E-state index is 0.0790. The molecule has 0 aliphatic heterocycles. The number of allylic oxidation sites excluding steroid dienone is 4. The highest BCUT2D eigenvalue weighted by Crippen LogP contribution is 2.35. The number of phenolic OH excluding ortho intramolecular Hbond substituents is 1. The van der Waals surface area contributed by atoms with Crippen LogP contribution >= 0.6 is 12.8 Å². The van der Waals surface area contributed by atoms with Crippen LogP contribution in [-0.4, -0.2) is 5.11 Å². The van der Waals surface area contributed by atoms with Crippen LogP contribution in [0.25, 0.3) is 6.08 Å². The zero-order valence-corrected chi connectivity index (χ0v) is 13.9. The Morgan fingerprint density at radius 1 is 1.29 bits per heavy atom. The maximum absolute atomic E-state index is 10.6. The van der Waals surface area contributed by atoms with E-state index in [1.54, 1.807) is 0 Å². The molecular formula is C18H23NOS. The molecule has 0 fully saturated rings. The van der Waals surface area contributed by atoms with Crippen LogP contribution in [0, 0.1) is 5.92 Å². The number of para-hydroxylation sites is 1. The lowest BCUT2D eigenvalue weighted by atomic mass is 9.84. The Labute approximate surface area is 132 Å². The first-order chi connectivity index (χ1) is 9.84. The van der Waals surface area contributed by atoms with E-state index in [1.165, 1.54) is 0 Å². The zero-order valence-electron chi connectivity index (χ0n) is 13.0. The largest absolute Gasteiger partial charge is 0.507 e. The second-order valence-electron chi connectivity index (χ2n) is 6.45. The van der Waals surface area contributed by atoms with Crippen LogP contribution < -0.4 is 4.72 Å². The highest BCUT2D eigenvalue weighted by molar-refractivity contribution is 7.78. The number of rotatable bonds is 2. The molecule has 0 amide bonds. The molecule has 1 unspecified atom stereocenters. The lowest BCUT2D eigenvalue weighted by molar-refractivity contribution is 0.445. The number of nitrogens with one attached hydrogen (secondary N) is 1. The molecule has 1 atom stereocenters. The van der Waals surface area contributed by atoms with Gasteiger partial charge in [-0.25, -0.2) is 0 Å². The van der Waals surface area contributed by atoms with Crippen molar-refractivity contribution in [3.8, 4) is 5.75 Å². The van der Waals surface area contributed by atoms with Crippen molar-refractivity contribution in [2.24, 2.45) is 5.92 Å². The van der Waals surface area contributed by atoms with Crippen LogP contribution in [0.5, 0.6) is 5.75 Å². The fourth-order valence-corrected chi connectivity index (χ4v) is 2.77. The molecule has 0 spiro atoms. The average molecular weight is 301 g/mol. The maximum atomic E-state index is 10.6. The summed E-state index contributed by atoms with van der Waals surface area (Å²) in [5.74, 6) is 0.596. The predicted octanol–water partition coefficient (Wildman–Crippen LogP) is 4.60. The first-order valence-corrected chi connectivity index (χ1v) is 7.61.